The number of pyridine rings is 2. The molecule has 0 amide bonds. The molecule has 0 unspecified atom stereocenters. The van der Waals surface area contributed by atoms with Gasteiger partial charge in [0.25, 0.3) is 0 Å². The topological polar surface area (TPSA) is 48.8 Å². The molecule has 44 heavy (non-hydrogen) atoms. The lowest BCUT2D eigenvalue weighted by Gasteiger charge is -2.08. The molecule has 0 aliphatic heterocycles. The smallest absolute Gasteiger partial charge is 0.159 e. The Bertz CT molecular complexity index is 2350. The maximum absolute atomic E-state index is 6.59. The number of aromatic nitrogens is 4. The molecule has 214 valence electrons. The number of hydrogen-bond acceptors (Lipinski definition) is 3. The lowest BCUT2D eigenvalue weighted by molar-refractivity contribution is 0.666. The Balaban J connectivity index is 0.000000592. The minimum absolute atomic E-state index is 0.860. The zero-order valence-electron chi connectivity index (χ0n) is 25.0. The highest BCUT2D eigenvalue weighted by molar-refractivity contribution is 6.12. The SMILES string of the molecule is C=CC.CC.c1cc(-n2c3ccccc3c3ncccc32)c2oc3ccc(-n4c5ccccc5c5ncccc54)cc3c2c1. The summed E-state index contributed by atoms with van der Waals surface area (Å²) in [4.78, 5) is 9.41. The summed E-state index contributed by atoms with van der Waals surface area (Å²) in [5, 5.41) is 4.44. The normalized spacial score (nSPS) is 11.2. The number of para-hydroxylation sites is 3. The van der Waals surface area contributed by atoms with Crippen LogP contribution >= 0.6 is 0 Å². The largest absolute Gasteiger partial charge is 0.454 e. The lowest BCUT2D eigenvalue weighted by atomic mass is 10.1. The van der Waals surface area contributed by atoms with E-state index in [0.717, 1.165) is 77.2 Å². The van der Waals surface area contributed by atoms with Gasteiger partial charge in [-0.05, 0) is 67.6 Å². The van der Waals surface area contributed by atoms with Crippen LogP contribution < -0.4 is 0 Å². The average molecular weight is 573 g/mol. The molecule has 0 N–H and O–H groups in total. The van der Waals surface area contributed by atoms with Crippen LogP contribution in [0.15, 0.2) is 139 Å². The van der Waals surface area contributed by atoms with Crippen LogP contribution in [0, 0.1) is 0 Å². The molecule has 0 atom stereocenters. The summed E-state index contributed by atoms with van der Waals surface area (Å²) < 4.78 is 11.1. The van der Waals surface area contributed by atoms with Crippen molar-refractivity contribution >= 4 is 65.8 Å². The van der Waals surface area contributed by atoms with Gasteiger partial charge in [0.1, 0.15) is 5.58 Å². The van der Waals surface area contributed by atoms with Crippen LogP contribution in [0.3, 0.4) is 0 Å². The highest BCUT2D eigenvalue weighted by Gasteiger charge is 2.19. The van der Waals surface area contributed by atoms with Gasteiger partial charge in [0.2, 0.25) is 0 Å². The van der Waals surface area contributed by atoms with Crippen LogP contribution in [-0.2, 0) is 0 Å². The van der Waals surface area contributed by atoms with E-state index < -0.39 is 0 Å². The van der Waals surface area contributed by atoms with Crippen molar-refractivity contribution in [2.24, 2.45) is 0 Å². The molecule has 0 spiro atoms. The maximum Gasteiger partial charge on any atom is 0.159 e. The number of nitrogens with zero attached hydrogens (tertiary/aromatic N) is 4. The van der Waals surface area contributed by atoms with Gasteiger partial charge in [0.05, 0.1) is 38.8 Å². The average Bonchev–Trinajstić information content (AvgIpc) is 3.74. The summed E-state index contributed by atoms with van der Waals surface area (Å²) in [5.41, 5.74) is 10.2. The minimum Gasteiger partial charge on any atom is -0.454 e. The number of benzene rings is 4. The molecule has 9 rings (SSSR count). The van der Waals surface area contributed by atoms with E-state index in [2.05, 4.69) is 113 Å². The minimum atomic E-state index is 0.860. The van der Waals surface area contributed by atoms with Crippen LogP contribution in [0.5, 0.6) is 0 Å². The number of furan rings is 1. The molecule has 0 bridgehead atoms. The zero-order valence-corrected chi connectivity index (χ0v) is 25.0. The standard InChI is InChI=1S/C34H20N4O.C3H6.C2H6/c1-3-11-26-23(8-1)32-28(14-6-18-35-32)37(26)21-16-17-31-25(20-21)22-10-5-13-30(34(22)39-31)38-27-12-4-2-9-24(27)33-29(38)15-7-19-36-33;1-3-2;1-2/h1-20H;3H,1H2,2H3;1-2H3. The summed E-state index contributed by atoms with van der Waals surface area (Å²) in [6, 6.07) is 37.9. The molecule has 5 nitrogen and oxygen atoms in total. The van der Waals surface area contributed by atoms with E-state index in [1.54, 1.807) is 6.08 Å². The van der Waals surface area contributed by atoms with E-state index in [4.69, 9.17) is 14.4 Å². The van der Waals surface area contributed by atoms with Crippen molar-refractivity contribution in [3.63, 3.8) is 0 Å². The number of hydrogen-bond donors (Lipinski definition) is 0. The second-order valence-electron chi connectivity index (χ2n) is 10.3. The van der Waals surface area contributed by atoms with Crippen LogP contribution in [0.2, 0.25) is 0 Å². The zero-order chi connectivity index (χ0) is 30.2. The van der Waals surface area contributed by atoms with E-state index in [0.29, 0.717) is 0 Å². The predicted octanol–water partition coefficient (Wildman–Crippen LogP) is 10.8. The Morgan fingerprint density at radius 2 is 1.14 bits per heavy atom. The third-order valence-corrected chi connectivity index (χ3v) is 7.81. The van der Waals surface area contributed by atoms with Gasteiger partial charge in [-0.25, -0.2) is 0 Å². The molecule has 0 radical (unpaired) electrons. The Hall–Kier alpha value is -5.68. The first-order valence-electron chi connectivity index (χ1n) is 15.0. The fraction of sp³-hybridized carbons (Fsp3) is 0.0769. The predicted molar refractivity (Wildman–Crippen MR) is 185 cm³/mol. The Morgan fingerprint density at radius 3 is 1.80 bits per heavy atom. The van der Waals surface area contributed by atoms with E-state index in [1.165, 1.54) is 0 Å². The Kier molecular flexibility index (Phi) is 6.91. The van der Waals surface area contributed by atoms with Gasteiger partial charge in [0.15, 0.2) is 5.58 Å². The van der Waals surface area contributed by atoms with Gasteiger partial charge < -0.3 is 13.6 Å². The van der Waals surface area contributed by atoms with Crippen molar-refractivity contribution in [1.29, 1.82) is 0 Å². The maximum atomic E-state index is 6.59. The van der Waals surface area contributed by atoms with Gasteiger partial charge in [0, 0.05) is 39.6 Å². The molecule has 9 aromatic rings. The van der Waals surface area contributed by atoms with Gasteiger partial charge in [-0.15, -0.1) is 6.58 Å². The highest BCUT2D eigenvalue weighted by atomic mass is 16.3. The Morgan fingerprint density at radius 1 is 0.591 bits per heavy atom. The number of fused-ring (bicyclic) bond motifs is 9. The molecule has 4 aromatic carbocycles. The van der Waals surface area contributed by atoms with Crippen molar-refractivity contribution in [2.45, 2.75) is 20.8 Å². The van der Waals surface area contributed by atoms with E-state index in [9.17, 15) is 0 Å². The Labute approximate surface area is 255 Å². The van der Waals surface area contributed by atoms with E-state index in [1.807, 2.05) is 45.3 Å². The summed E-state index contributed by atoms with van der Waals surface area (Å²) >= 11 is 0. The van der Waals surface area contributed by atoms with Crippen molar-refractivity contribution in [1.82, 2.24) is 19.1 Å². The van der Waals surface area contributed by atoms with Gasteiger partial charge in [-0.1, -0.05) is 68.5 Å². The summed E-state index contributed by atoms with van der Waals surface area (Å²) in [5.74, 6) is 0. The second-order valence-corrected chi connectivity index (χ2v) is 10.3. The molecule has 0 aliphatic carbocycles. The molecule has 0 saturated heterocycles. The fourth-order valence-electron chi connectivity index (χ4n) is 6.19. The van der Waals surface area contributed by atoms with Gasteiger partial charge in [-0.3, -0.25) is 9.97 Å². The number of allylic oxidation sites excluding steroid dienone is 1. The van der Waals surface area contributed by atoms with E-state index >= 15 is 0 Å². The molecule has 5 aromatic heterocycles. The van der Waals surface area contributed by atoms with E-state index in [-0.39, 0.29) is 0 Å². The molecule has 0 fully saturated rings. The highest BCUT2D eigenvalue weighted by Crippen LogP contribution is 2.39. The molecular weight excluding hydrogens is 540 g/mol. The van der Waals surface area contributed by atoms with Crippen LogP contribution in [0.1, 0.15) is 20.8 Å². The molecule has 0 aliphatic rings. The van der Waals surface area contributed by atoms with Crippen molar-refractivity contribution in [2.75, 3.05) is 0 Å². The number of rotatable bonds is 2. The van der Waals surface area contributed by atoms with Crippen LogP contribution in [0.4, 0.5) is 0 Å². The third kappa shape index (κ3) is 4.08. The summed E-state index contributed by atoms with van der Waals surface area (Å²) in [6.07, 6.45) is 5.46. The van der Waals surface area contributed by atoms with Crippen molar-refractivity contribution in [3.8, 4) is 11.4 Å². The quantitative estimate of drug-likeness (QED) is 0.194. The fourth-order valence-corrected chi connectivity index (χ4v) is 6.19. The van der Waals surface area contributed by atoms with Crippen molar-refractivity contribution in [3.05, 3.63) is 134 Å². The second kappa shape index (κ2) is 11.2. The third-order valence-electron chi connectivity index (χ3n) is 7.81. The molecular formula is C39H32N4O. The molecule has 5 heteroatoms. The van der Waals surface area contributed by atoms with Crippen LogP contribution in [-0.4, -0.2) is 19.1 Å². The lowest BCUT2D eigenvalue weighted by Crippen LogP contribution is -1.94. The van der Waals surface area contributed by atoms with Gasteiger partial charge in [-0.2, -0.15) is 0 Å². The summed E-state index contributed by atoms with van der Waals surface area (Å²) in [6.45, 7) is 9.25. The molecule has 0 saturated carbocycles. The van der Waals surface area contributed by atoms with Gasteiger partial charge >= 0.3 is 0 Å². The first kappa shape index (κ1) is 27.2. The first-order chi connectivity index (χ1) is 21.8. The monoisotopic (exact) mass is 572 g/mol. The summed E-state index contributed by atoms with van der Waals surface area (Å²) in [7, 11) is 0. The van der Waals surface area contributed by atoms with Crippen LogP contribution in [0.25, 0.3) is 77.2 Å². The van der Waals surface area contributed by atoms with Crippen molar-refractivity contribution < 1.29 is 4.42 Å². The molecule has 5 heterocycles. The first-order valence-corrected chi connectivity index (χ1v) is 15.0.